The third-order valence-corrected chi connectivity index (χ3v) is 5.92. The predicted molar refractivity (Wildman–Crippen MR) is 141 cm³/mol. The van der Waals surface area contributed by atoms with Crippen LogP contribution in [0.25, 0.3) is 6.08 Å². The van der Waals surface area contributed by atoms with Crippen molar-refractivity contribution in [1.29, 1.82) is 0 Å². The molecule has 0 aliphatic carbocycles. The lowest BCUT2D eigenvalue weighted by atomic mass is 10.1. The molecule has 9 nitrogen and oxygen atoms in total. The minimum atomic E-state index is -0.623. The first-order valence-electron chi connectivity index (χ1n) is 10.2. The summed E-state index contributed by atoms with van der Waals surface area (Å²) in [6, 6.07) is 15.1. The highest BCUT2D eigenvalue weighted by atomic mass is 35.5. The van der Waals surface area contributed by atoms with E-state index in [2.05, 4.69) is 10.6 Å². The summed E-state index contributed by atoms with van der Waals surface area (Å²) in [6.07, 6.45) is 2.51. The van der Waals surface area contributed by atoms with Gasteiger partial charge in [-0.1, -0.05) is 41.4 Å². The molecule has 12 heteroatoms. The van der Waals surface area contributed by atoms with E-state index in [-0.39, 0.29) is 26.5 Å². The molecule has 0 aromatic heterocycles. The van der Waals surface area contributed by atoms with E-state index in [4.69, 9.17) is 35.4 Å². The second kappa shape index (κ2) is 10.2. The van der Waals surface area contributed by atoms with Crippen molar-refractivity contribution in [3.63, 3.8) is 0 Å². The maximum Gasteiger partial charge on any atom is 0.288 e. The standard InChI is InChI=1S/C24H14Cl2N4O5S/c25-17-8-5-13(11-20(17)30(34)35)6-10-21(31)28-24(36)27-19-9-7-14(12-18(19)26)29-22(32)15-3-1-2-4-16(15)23(29)33/h1-12H,(H2,27,28,31,36). The zero-order chi connectivity index (χ0) is 26.0. The quantitative estimate of drug-likeness (QED) is 0.149. The summed E-state index contributed by atoms with van der Waals surface area (Å²) in [6.45, 7) is 0. The number of benzene rings is 3. The number of imide groups is 1. The van der Waals surface area contributed by atoms with Gasteiger partial charge in [-0.15, -0.1) is 0 Å². The van der Waals surface area contributed by atoms with Crippen molar-refractivity contribution in [2.24, 2.45) is 0 Å². The molecular formula is C24H14Cl2N4O5S. The Morgan fingerprint density at radius 3 is 2.25 bits per heavy atom. The Morgan fingerprint density at radius 1 is 0.972 bits per heavy atom. The monoisotopic (exact) mass is 540 g/mol. The van der Waals surface area contributed by atoms with Gasteiger partial charge in [0, 0.05) is 12.1 Å². The summed E-state index contributed by atoms with van der Waals surface area (Å²) in [5.74, 6) is -1.50. The molecule has 0 unspecified atom stereocenters. The summed E-state index contributed by atoms with van der Waals surface area (Å²) in [5.41, 5.74) is 1.35. The Labute approximate surface area is 219 Å². The van der Waals surface area contributed by atoms with Crippen molar-refractivity contribution in [2.45, 2.75) is 0 Å². The molecule has 0 saturated carbocycles. The Bertz CT molecular complexity index is 1460. The van der Waals surface area contributed by atoms with Crippen LogP contribution in [-0.4, -0.2) is 27.8 Å². The molecule has 0 atom stereocenters. The van der Waals surface area contributed by atoms with E-state index in [1.807, 2.05) is 0 Å². The molecule has 0 bridgehead atoms. The van der Waals surface area contributed by atoms with Crippen molar-refractivity contribution in [3.05, 3.63) is 104 Å². The Hall–Kier alpha value is -4.12. The number of nitrogens with zero attached hydrogens (tertiary/aromatic N) is 2. The molecule has 1 aliphatic heterocycles. The fourth-order valence-corrected chi connectivity index (χ4v) is 4.04. The highest BCUT2D eigenvalue weighted by Crippen LogP contribution is 2.33. The number of thiocarbonyl (C=S) groups is 1. The van der Waals surface area contributed by atoms with Crippen LogP contribution < -0.4 is 15.5 Å². The maximum absolute atomic E-state index is 12.7. The van der Waals surface area contributed by atoms with Crippen LogP contribution in [0.15, 0.2) is 66.7 Å². The van der Waals surface area contributed by atoms with E-state index in [0.717, 1.165) is 11.0 Å². The van der Waals surface area contributed by atoms with E-state index >= 15 is 0 Å². The van der Waals surface area contributed by atoms with Crippen LogP contribution in [0.2, 0.25) is 10.0 Å². The number of amides is 3. The summed E-state index contributed by atoms with van der Waals surface area (Å²) in [4.78, 5) is 48.9. The molecular weight excluding hydrogens is 527 g/mol. The van der Waals surface area contributed by atoms with Crippen molar-refractivity contribution in [1.82, 2.24) is 5.32 Å². The minimum Gasteiger partial charge on any atom is -0.331 e. The second-order valence-electron chi connectivity index (χ2n) is 7.40. The Kier molecular flexibility index (Phi) is 7.11. The summed E-state index contributed by atoms with van der Waals surface area (Å²) < 4.78 is 0. The summed E-state index contributed by atoms with van der Waals surface area (Å²) >= 11 is 17.2. The van der Waals surface area contributed by atoms with E-state index in [1.54, 1.807) is 24.3 Å². The first kappa shape index (κ1) is 25.0. The van der Waals surface area contributed by atoms with Gasteiger partial charge in [0.15, 0.2) is 5.11 Å². The number of anilines is 2. The molecule has 0 spiro atoms. The molecule has 2 N–H and O–H groups in total. The molecule has 3 aromatic rings. The highest BCUT2D eigenvalue weighted by molar-refractivity contribution is 7.80. The number of nitro groups is 1. The number of hydrogen-bond donors (Lipinski definition) is 2. The van der Waals surface area contributed by atoms with Crippen LogP contribution in [0.4, 0.5) is 17.1 Å². The fourth-order valence-electron chi connectivity index (χ4n) is 3.42. The Balaban J connectivity index is 1.40. The number of halogens is 2. The first-order valence-corrected chi connectivity index (χ1v) is 11.3. The number of carbonyl (C=O) groups is 3. The lowest BCUT2D eigenvalue weighted by Gasteiger charge is -2.16. The zero-order valence-electron chi connectivity index (χ0n) is 18.0. The predicted octanol–water partition coefficient (Wildman–Crippen LogP) is 5.23. The SMILES string of the molecule is O=C(C=Cc1ccc(Cl)c([N+](=O)[O-])c1)NC(=S)Nc1ccc(N2C(=O)c3ccccc3C2=O)cc1Cl. The van der Waals surface area contributed by atoms with E-state index in [0.29, 0.717) is 22.4 Å². The van der Waals surface area contributed by atoms with Gasteiger partial charge in [-0.3, -0.25) is 29.8 Å². The smallest absolute Gasteiger partial charge is 0.288 e. The van der Waals surface area contributed by atoms with Crippen molar-refractivity contribution >= 4 is 81.4 Å². The third kappa shape index (κ3) is 5.10. The average molecular weight is 541 g/mol. The van der Waals surface area contributed by atoms with Crippen LogP contribution in [0.5, 0.6) is 0 Å². The summed E-state index contributed by atoms with van der Waals surface area (Å²) in [7, 11) is 0. The molecule has 1 aliphatic rings. The lowest BCUT2D eigenvalue weighted by molar-refractivity contribution is -0.384. The second-order valence-corrected chi connectivity index (χ2v) is 8.62. The maximum atomic E-state index is 12.7. The number of hydrogen-bond acceptors (Lipinski definition) is 6. The van der Waals surface area contributed by atoms with Gasteiger partial charge in [0.05, 0.1) is 32.4 Å². The van der Waals surface area contributed by atoms with Gasteiger partial charge in [0.2, 0.25) is 5.91 Å². The lowest BCUT2D eigenvalue weighted by Crippen LogP contribution is -2.33. The topological polar surface area (TPSA) is 122 Å². The average Bonchev–Trinajstić information content (AvgIpc) is 3.09. The van der Waals surface area contributed by atoms with Crippen LogP contribution in [0.3, 0.4) is 0 Å². The van der Waals surface area contributed by atoms with Crippen molar-refractivity contribution in [3.8, 4) is 0 Å². The van der Waals surface area contributed by atoms with Gasteiger partial charge in [-0.2, -0.15) is 0 Å². The summed E-state index contributed by atoms with van der Waals surface area (Å²) in [5, 5.41) is 16.3. The van der Waals surface area contributed by atoms with E-state index in [1.165, 1.54) is 42.5 Å². The van der Waals surface area contributed by atoms with Crippen LogP contribution in [0.1, 0.15) is 26.3 Å². The molecule has 180 valence electrons. The van der Waals surface area contributed by atoms with Crippen molar-refractivity contribution < 1.29 is 19.3 Å². The number of nitrogens with one attached hydrogen (secondary N) is 2. The number of carbonyl (C=O) groups excluding carboxylic acids is 3. The third-order valence-electron chi connectivity index (χ3n) is 5.08. The van der Waals surface area contributed by atoms with Gasteiger partial charge >= 0.3 is 0 Å². The van der Waals surface area contributed by atoms with Gasteiger partial charge in [-0.05, 0) is 60.3 Å². The molecule has 0 saturated heterocycles. The molecule has 3 aromatic carbocycles. The van der Waals surface area contributed by atoms with Gasteiger partial charge in [0.25, 0.3) is 17.5 Å². The van der Waals surface area contributed by atoms with Crippen LogP contribution in [0, 0.1) is 10.1 Å². The normalized spacial score (nSPS) is 12.6. The number of rotatable bonds is 5. The molecule has 1 heterocycles. The van der Waals surface area contributed by atoms with E-state index < -0.39 is 22.6 Å². The first-order chi connectivity index (χ1) is 17.2. The molecule has 4 rings (SSSR count). The fraction of sp³-hybridized carbons (Fsp3) is 0. The highest BCUT2D eigenvalue weighted by Gasteiger charge is 2.36. The Morgan fingerprint density at radius 2 is 1.64 bits per heavy atom. The van der Waals surface area contributed by atoms with Gasteiger partial charge < -0.3 is 5.32 Å². The van der Waals surface area contributed by atoms with Gasteiger partial charge in [0.1, 0.15) is 5.02 Å². The number of fused-ring (bicyclic) bond motifs is 1. The molecule has 0 radical (unpaired) electrons. The largest absolute Gasteiger partial charge is 0.331 e. The van der Waals surface area contributed by atoms with Gasteiger partial charge in [-0.25, -0.2) is 4.90 Å². The van der Waals surface area contributed by atoms with Crippen molar-refractivity contribution in [2.75, 3.05) is 10.2 Å². The van der Waals surface area contributed by atoms with Crippen LogP contribution in [-0.2, 0) is 4.79 Å². The molecule has 3 amide bonds. The van der Waals surface area contributed by atoms with Crippen LogP contribution >= 0.6 is 35.4 Å². The zero-order valence-corrected chi connectivity index (χ0v) is 20.4. The van der Waals surface area contributed by atoms with E-state index in [9.17, 15) is 24.5 Å². The minimum absolute atomic E-state index is 0.0159. The molecule has 0 fully saturated rings. The molecule has 36 heavy (non-hydrogen) atoms. The number of nitro benzene ring substituents is 1.